The van der Waals surface area contributed by atoms with E-state index in [0.29, 0.717) is 24.2 Å². The minimum absolute atomic E-state index is 0.343. The molecule has 0 saturated heterocycles. The normalized spacial score (nSPS) is 9.62. The summed E-state index contributed by atoms with van der Waals surface area (Å²) in [5.41, 5.74) is 1.83. The Morgan fingerprint density at radius 1 is 1.50 bits per heavy atom. The molecule has 0 fully saturated rings. The molecule has 0 heterocycles. The molecule has 0 aliphatic carbocycles. The van der Waals surface area contributed by atoms with Gasteiger partial charge in [-0.1, -0.05) is 6.92 Å². The first-order valence-corrected chi connectivity index (χ1v) is 6.11. The maximum Gasteiger partial charge on any atom is 0.338 e. The predicted molar refractivity (Wildman–Crippen MR) is 69.2 cm³/mol. The van der Waals surface area contributed by atoms with Gasteiger partial charge in [0.05, 0.1) is 23.8 Å². The fourth-order valence-electron chi connectivity index (χ4n) is 1.51. The van der Waals surface area contributed by atoms with Gasteiger partial charge in [-0.05, 0) is 53.6 Å². The summed E-state index contributed by atoms with van der Waals surface area (Å²) < 4.78 is 5.84. The van der Waals surface area contributed by atoms with Crippen LogP contribution in [0.3, 0.4) is 0 Å². The van der Waals surface area contributed by atoms with E-state index in [-0.39, 0.29) is 5.97 Å². The monoisotopic (exact) mass is 329 g/mol. The van der Waals surface area contributed by atoms with Crippen LogP contribution in [0.5, 0.6) is 0 Å². The molecule has 1 rings (SSSR count). The van der Waals surface area contributed by atoms with Crippen molar-refractivity contribution in [2.75, 3.05) is 6.61 Å². The Morgan fingerprint density at radius 3 is 2.69 bits per heavy atom. The summed E-state index contributed by atoms with van der Waals surface area (Å²) in [6, 6.07) is 5.65. The summed E-state index contributed by atoms with van der Waals surface area (Å²) in [4.78, 5) is 11.7. The molecular formula is C12H12INO2. The molecule has 16 heavy (non-hydrogen) atoms. The third-order valence-corrected chi connectivity index (χ3v) is 2.81. The summed E-state index contributed by atoms with van der Waals surface area (Å²) in [5.74, 6) is -0.352. The zero-order valence-electron chi connectivity index (χ0n) is 9.21. The van der Waals surface area contributed by atoms with Gasteiger partial charge in [-0.25, -0.2) is 4.79 Å². The molecule has 0 aliphatic heterocycles. The maximum atomic E-state index is 11.7. The molecule has 0 bridgehead atoms. The first kappa shape index (κ1) is 13.0. The Balaban J connectivity index is 3.32. The minimum atomic E-state index is -0.352. The minimum Gasteiger partial charge on any atom is -0.462 e. The molecule has 0 atom stereocenters. The van der Waals surface area contributed by atoms with Gasteiger partial charge in [-0.3, -0.25) is 0 Å². The Morgan fingerprint density at radius 2 is 2.19 bits per heavy atom. The lowest BCUT2D eigenvalue weighted by atomic mass is 9.99. The number of ether oxygens (including phenoxy) is 1. The molecule has 1 aromatic carbocycles. The molecule has 0 saturated carbocycles. The molecule has 0 spiro atoms. The van der Waals surface area contributed by atoms with Crippen LogP contribution in [0.15, 0.2) is 12.1 Å². The van der Waals surface area contributed by atoms with E-state index >= 15 is 0 Å². The molecule has 0 aromatic heterocycles. The van der Waals surface area contributed by atoms with E-state index in [1.165, 1.54) is 0 Å². The summed E-state index contributed by atoms with van der Waals surface area (Å²) in [6.45, 7) is 4.03. The van der Waals surface area contributed by atoms with Crippen molar-refractivity contribution < 1.29 is 9.53 Å². The van der Waals surface area contributed by atoms with Crippen LogP contribution in [-0.4, -0.2) is 12.6 Å². The van der Waals surface area contributed by atoms with Gasteiger partial charge < -0.3 is 4.74 Å². The molecule has 0 amide bonds. The summed E-state index contributed by atoms with van der Waals surface area (Å²) >= 11 is 2.09. The molecule has 1 aromatic rings. The standard InChI is InChI=1S/C12H12INO2/c1-3-10-8(7-14)5-9(13)6-11(10)12(15)16-4-2/h5-6H,3-4H2,1-2H3. The lowest BCUT2D eigenvalue weighted by Gasteiger charge is -2.09. The molecular weight excluding hydrogens is 317 g/mol. The third-order valence-electron chi connectivity index (χ3n) is 2.18. The van der Waals surface area contributed by atoms with Crippen molar-refractivity contribution in [3.8, 4) is 6.07 Å². The van der Waals surface area contributed by atoms with Crippen molar-refractivity contribution in [3.05, 3.63) is 32.4 Å². The quantitative estimate of drug-likeness (QED) is 0.633. The summed E-state index contributed by atoms with van der Waals surface area (Å²) in [6.07, 6.45) is 0.647. The fraction of sp³-hybridized carbons (Fsp3) is 0.333. The molecule has 0 unspecified atom stereocenters. The lowest BCUT2D eigenvalue weighted by Crippen LogP contribution is -2.09. The van der Waals surface area contributed by atoms with Crippen LogP contribution in [0, 0.1) is 14.9 Å². The van der Waals surface area contributed by atoms with Crippen LogP contribution in [0.2, 0.25) is 0 Å². The van der Waals surface area contributed by atoms with Crippen molar-refractivity contribution in [3.63, 3.8) is 0 Å². The Kier molecular flexibility index (Phi) is 4.74. The highest BCUT2D eigenvalue weighted by Gasteiger charge is 2.15. The van der Waals surface area contributed by atoms with Crippen LogP contribution in [0.25, 0.3) is 0 Å². The zero-order chi connectivity index (χ0) is 12.1. The summed E-state index contributed by atoms with van der Waals surface area (Å²) in [7, 11) is 0. The van der Waals surface area contributed by atoms with Crippen LogP contribution in [-0.2, 0) is 11.2 Å². The first-order chi connectivity index (χ1) is 7.63. The number of nitriles is 1. The van der Waals surface area contributed by atoms with E-state index in [1.807, 2.05) is 6.92 Å². The molecule has 0 N–H and O–H groups in total. The van der Waals surface area contributed by atoms with E-state index in [4.69, 9.17) is 10.00 Å². The number of esters is 1. The Bertz CT molecular complexity index is 449. The van der Waals surface area contributed by atoms with E-state index in [2.05, 4.69) is 28.7 Å². The summed E-state index contributed by atoms with van der Waals surface area (Å²) in [5, 5.41) is 9.00. The highest BCUT2D eigenvalue weighted by molar-refractivity contribution is 14.1. The van der Waals surface area contributed by atoms with Gasteiger partial charge in [0.15, 0.2) is 0 Å². The lowest BCUT2D eigenvalue weighted by molar-refractivity contribution is 0.0525. The Hall–Kier alpha value is -1.09. The van der Waals surface area contributed by atoms with Gasteiger partial charge in [0, 0.05) is 3.57 Å². The van der Waals surface area contributed by atoms with Crippen LogP contribution >= 0.6 is 22.6 Å². The number of benzene rings is 1. The van der Waals surface area contributed by atoms with Gasteiger partial charge in [0.2, 0.25) is 0 Å². The van der Waals surface area contributed by atoms with Crippen molar-refractivity contribution in [1.82, 2.24) is 0 Å². The van der Waals surface area contributed by atoms with Gasteiger partial charge in [0.25, 0.3) is 0 Å². The number of carbonyl (C=O) groups excluding carboxylic acids is 1. The van der Waals surface area contributed by atoms with Gasteiger partial charge in [0.1, 0.15) is 0 Å². The fourth-order valence-corrected chi connectivity index (χ4v) is 2.13. The van der Waals surface area contributed by atoms with Gasteiger partial charge >= 0.3 is 5.97 Å². The highest BCUT2D eigenvalue weighted by Crippen LogP contribution is 2.20. The topological polar surface area (TPSA) is 50.1 Å². The smallest absolute Gasteiger partial charge is 0.338 e. The number of carbonyl (C=O) groups is 1. The SMILES string of the molecule is CCOC(=O)c1cc(I)cc(C#N)c1CC. The second-order valence-corrected chi connectivity index (χ2v) is 4.41. The maximum absolute atomic E-state index is 11.7. The number of hydrogen-bond acceptors (Lipinski definition) is 3. The van der Waals surface area contributed by atoms with Crippen molar-refractivity contribution in [1.29, 1.82) is 5.26 Å². The predicted octanol–water partition coefficient (Wildman–Crippen LogP) is 2.90. The zero-order valence-corrected chi connectivity index (χ0v) is 11.4. The molecule has 3 nitrogen and oxygen atoms in total. The average Bonchev–Trinajstić information content (AvgIpc) is 2.28. The molecule has 4 heteroatoms. The molecule has 0 aliphatic rings. The number of nitrogens with zero attached hydrogens (tertiary/aromatic N) is 1. The van der Waals surface area contributed by atoms with E-state index < -0.39 is 0 Å². The van der Waals surface area contributed by atoms with Crippen LogP contribution in [0.1, 0.15) is 35.3 Å². The number of hydrogen-bond donors (Lipinski definition) is 0. The average molecular weight is 329 g/mol. The molecule has 0 radical (unpaired) electrons. The van der Waals surface area contributed by atoms with Crippen LogP contribution in [0.4, 0.5) is 0 Å². The van der Waals surface area contributed by atoms with E-state index in [1.54, 1.807) is 19.1 Å². The van der Waals surface area contributed by atoms with Crippen molar-refractivity contribution >= 4 is 28.6 Å². The highest BCUT2D eigenvalue weighted by atomic mass is 127. The van der Waals surface area contributed by atoms with Gasteiger partial charge in [-0.2, -0.15) is 5.26 Å². The molecule has 84 valence electrons. The number of rotatable bonds is 3. The van der Waals surface area contributed by atoms with E-state index in [9.17, 15) is 4.79 Å². The number of halogens is 1. The largest absolute Gasteiger partial charge is 0.462 e. The van der Waals surface area contributed by atoms with E-state index in [0.717, 1.165) is 9.13 Å². The second-order valence-electron chi connectivity index (χ2n) is 3.17. The first-order valence-electron chi connectivity index (χ1n) is 5.03. The second kappa shape index (κ2) is 5.85. The Labute approximate surface area is 109 Å². The van der Waals surface area contributed by atoms with Crippen molar-refractivity contribution in [2.45, 2.75) is 20.3 Å². The van der Waals surface area contributed by atoms with Gasteiger partial charge in [-0.15, -0.1) is 0 Å². The third kappa shape index (κ3) is 2.73. The van der Waals surface area contributed by atoms with Crippen LogP contribution < -0.4 is 0 Å². The van der Waals surface area contributed by atoms with Crippen molar-refractivity contribution in [2.24, 2.45) is 0 Å².